The van der Waals surface area contributed by atoms with Crippen molar-refractivity contribution in [2.75, 3.05) is 0 Å². The summed E-state index contributed by atoms with van der Waals surface area (Å²) < 4.78 is 0. The summed E-state index contributed by atoms with van der Waals surface area (Å²) in [7, 11) is 0. The van der Waals surface area contributed by atoms with Crippen LogP contribution in [-0.4, -0.2) is 22.2 Å². The van der Waals surface area contributed by atoms with Crippen molar-refractivity contribution in [3.05, 3.63) is 34.4 Å². The van der Waals surface area contributed by atoms with Crippen LogP contribution in [0.3, 0.4) is 0 Å². The van der Waals surface area contributed by atoms with Crippen LogP contribution in [0.1, 0.15) is 99.3 Å². The van der Waals surface area contributed by atoms with Gasteiger partial charge in [0, 0.05) is 0 Å². The molecule has 0 amide bonds. The molecule has 0 radical (unpaired) electrons. The molecule has 1 aromatic carbocycles. The highest BCUT2D eigenvalue weighted by molar-refractivity contribution is 5.78. The minimum Gasteiger partial charge on any atom is -0.481 e. The second-order valence-corrected chi connectivity index (χ2v) is 10.0. The zero-order chi connectivity index (χ0) is 21.8. The molecule has 0 aromatic heterocycles. The summed E-state index contributed by atoms with van der Waals surface area (Å²) in [4.78, 5) is 22.5. The van der Waals surface area contributed by atoms with Crippen molar-refractivity contribution in [1.82, 2.24) is 0 Å². The molecule has 0 heterocycles. The van der Waals surface area contributed by atoms with Crippen LogP contribution >= 0.6 is 0 Å². The highest BCUT2D eigenvalue weighted by Gasteiger charge is 2.49. The van der Waals surface area contributed by atoms with E-state index < -0.39 is 11.9 Å². The van der Waals surface area contributed by atoms with E-state index in [4.69, 9.17) is 0 Å². The Hall–Kier alpha value is -1.84. The van der Waals surface area contributed by atoms with Crippen LogP contribution in [0.2, 0.25) is 0 Å². The molecule has 2 N–H and O–H groups in total. The van der Waals surface area contributed by atoms with E-state index in [1.165, 1.54) is 22.3 Å². The first-order chi connectivity index (χ1) is 14.3. The van der Waals surface area contributed by atoms with E-state index in [0.717, 1.165) is 89.9 Å². The van der Waals surface area contributed by atoms with Gasteiger partial charge in [0.05, 0.1) is 10.8 Å². The van der Waals surface area contributed by atoms with Gasteiger partial charge in [0.15, 0.2) is 0 Å². The molecule has 0 aliphatic heterocycles. The summed E-state index contributed by atoms with van der Waals surface area (Å²) >= 11 is 0. The molecule has 3 rings (SSSR count). The second kappa shape index (κ2) is 9.53. The van der Waals surface area contributed by atoms with Crippen molar-refractivity contribution in [2.45, 2.75) is 104 Å². The fourth-order valence-corrected chi connectivity index (χ4v) is 4.89. The molecule has 0 saturated heterocycles. The lowest BCUT2D eigenvalue weighted by Gasteiger charge is -2.14. The summed E-state index contributed by atoms with van der Waals surface area (Å²) in [5.74, 6) is -1.20. The Morgan fingerprint density at radius 3 is 1.47 bits per heavy atom. The third-order valence-electron chi connectivity index (χ3n) is 7.58. The van der Waals surface area contributed by atoms with Crippen molar-refractivity contribution in [3.63, 3.8) is 0 Å². The van der Waals surface area contributed by atoms with Crippen molar-refractivity contribution in [3.8, 4) is 0 Å². The molecule has 2 fully saturated rings. The molecule has 4 nitrogen and oxygen atoms in total. The Kier molecular flexibility index (Phi) is 7.26. The predicted molar refractivity (Wildman–Crippen MR) is 119 cm³/mol. The molecule has 0 spiro atoms. The molecular formula is C26H38O4. The van der Waals surface area contributed by atoms with Crippen LogP contribution in [0.15, 0.2) is 12.1 Å². The average Bonchev–Trinajstić information content (AvgIpc) is 3.59. The number of carboxylic acid groups (broad SMARTS) is 2. The number of benzene rings is 1. The Morgan fingerprint density at radius 1 is 0.733 bits per heavy atom. The van der Waals surface area contributed by atoms with Gasteiger partial charge in [-0.3, -0.25) is 9.59 Å². The lowest BCUT2D eigenvalue weighted by Crippen LogP contribution is -2.14. The molecule has 2 aliphatic rings. The van der Waals surface area contributed by atoms with Gasteiger partial charge in [0.25, 0.3) is 0 Å². The summed E-state index contributed by atoms with van der Waals surface area (Å²) in [5.41, 5.74) is 4.84. The van der Waals surface area contributed by atoms with Crippen molar-refractivity contribution in [2.24, 2.45) is 10.8 Å². The topological polar surface area (TPSA) is 74.6 Å². The average molecular weight is 415 g/mol. The molecule has 1 aromatic rings. The Morgan fingerprint density at radius 2 is 1.13 bits per heavy atom. The number of aliphatic carboxylic acids is 2. The number of hydrogen-bond donors (Lipinski definition) is 2. The number of unbranched alkanes of at least 4 members (excludes halogenated alkanes) is 4. The van der Waals surface area contributed by atoms with Gasteiger partial charge in [-0.15, -0.1) is 0 Å². The Bertz CT molecular complexity index is 710. The number of carboxylic acids is 2. The first-order valence-electron chi connectivity index (χ1n) is 11.8. The van der Waals surface area contributed by atoms with Gasteiger partial charge < -0.3 is 10.2 Å². The largest absolute Gasteiger partial charge is 0.481 e. The number of rotatable bonds is 14. The van der Waals surface area contributed by atoms with Gasteiger partial charge in [-0.2, -0.15) is 0 Å². The first kappa shape index (κ1) is 22.8. The lowest BCUT2D eigenvalue weighted by atomic mass is 9.91. The molecule has 166 valence electrons. The van der Waals surface area contributed by atoms with E-state index in [0.29, 0.717) is 0 Å². The highest BCUT2D eigenvalue weighted by Crippen LogP contribution is 2.50. The molecule has 2 saturated carbocycles. The fraction of sp³-hybridized carbons (Fsp3) is 0.692. The van der Waals surface area contributed by atoms with Crippen molar-refractivity contribution >= 4 is 11.9 Å². The van der Waals surface area contributed by atoms with Gasteiger partial charge >= 0.3 is 11.9 Å². The van der Waals surface area contributed by atoms with Gasteiger partial charge in [-0.25, -0.2) is 0 Å². The van der Waals surface area contributed by atoms with Crippen LogP contribution in [0.5, 0.6) is 0 Å². The number of aryl methyl sites for hydroxylation is 3. The van der Waals surface area contributed by atoms with Gasteiger partial charge in [-0.05, 0) is 94.7 Å². The monoisotopic (exact) mass is 414 g/mol. The maximum Gasteiger partial charge on any atom is 0.309 e. The molecular weight excluding hydrogens is 376 g/mol. The third-order valence-corrected chi connectivity index (χ3v) is 7.58. The van der Waals surface area contributed by atoms with E-state index in [2.05, 4.69) is 26.0 Å². The molecule has 0 atom stereocenters. The maximum atomic E-state index is 11.3. The van der Waals surface area contributed by atoms with Gasteiger partial charge in [0.1, 0.15) is 0 Å². The summed E-state index contributed by atoms with van der Waals surface area (Å²) in [6.07, 6.45) is 13.7. The molecule has 4 heteroatoms. The standard InChI is InChI=1S/C26H38O4/c1-19-17-21(9-5-3-7-11-25(13-14-25)23(27)28)20(2)22(18-19)10-6-4-8-12-26(15-16-26)24(29)30/h17-18H,3-16H2,1-2H3,(H,27,28)(H,29,30). The van der Waals surface area contributed by atoms with E-state index in [9.17, 15) is 19.8 Å². The zero-order valence-corrected chi connectivity index (χ0v) is 18.8. The Balaban J connectivity index is 1.39. The fourth-order valence-electron chi connectivity index (χ4n) is 4.89. The van der Waals surface area contributed by atoms with Crippen LogP contribution < -0.4 is 0 Å². The number of carbonyl (C=O) groups is 2. The Labute approximate surface area is 181 Å². The summed E-state index contributed by atoms with van der Waals surface area (Å²) in [6.45, 7) is 4.40. The van der Waals surface area contributed by atoms with Crippen LogP contribution in [0, 0.1) is 24.7 Å². The molecule has 2 aliphatic carbocycles. The molecule has 0 unspecified atom stereocenters. The molecule has 0 bridgehead atoms. The zero-order valence-electron chi connectivity index (χ0n) is 18.8. The smallest absolute Gasteiger partial charge is 0.309 e. The number of hydrogen-bond acceptors (Lipinski definition) is 2. The van der Waals surface area contributed by atoms with Gasteiger partial charge in [0.2, 0.25) is 0 Å². The summed E-state index contributed by atoms with van der Waals surface area (Å²) in [5, 5.41) is 18.6. The minimum atomic E-state index is -0.600. The predicted octanol–water partition coefficient (Wildman–Crippen LogP) is 6.24. The summed E-state index contributed by atoms with van der Waals surface area (Å²) in [6, 6.07) is 4.62. The normalized spacial score (nSPS) is 18.2. The highest BCUT2D eigenvalue weighted by atomic mass is 16.4. The SMILES string of the molecule is Cc1cc(CCCCCC2(C(=O)O)CC2)c(C)c(CCCCCC2(C(=O)O)CC2)c1. The lowest BCUT2D eigenvalue weighted by molar-refractivity contribution is -0.144. The van der Waals surface area contributed by atoms with E-state index in [1.54, 1.807) is 0 Å². The van der Waals surface area contributed by atoms with E-state index >= 15 is 0 Å². The van der Waals surface area contributed by atoms with Crippen molar-refractivity contribution < 1.29 is 19.8 Å². The van der Waals surface area contributed by atoms with Crippen LogP contribution in [0.25, 0.3) is 0 Å². The second-order valence-electron chi connectivity index (χ2n) is 10.0. The maximum absolute atomic E-state index is 11.3. The van der Waals surface area contributed by atoms with E-state index in [-0.39, 0.29) is 10.8 Å². The van der Waals surface area contributed by atoms with Crippen molar-refractivity contribution in [1.29, 1.82) is 0 Å². The quantitative estimate of drug-likeness (QED) is 0.353. The van der Waals surface area contributed by atoms with E-state index in [1.807, 2.05) is 0 Å². The van der Waals surface area contributed by atoms with Gasteiger partial charge in [-0.1, -0.05) is 43.4 Å². The van der Waals surface area contributed by atoms with Crippen LogP contribution in [-0.2, 0) is 22.4 Å². The molecule has 30 heavy (non-hydrogen) atoms. The third kappa shape index (κ3) is 5.65. The minimum absolute atomic E-state index is 0.379. The van der Waals surface area contributed by atoms with Crippen LogP contribution in [0.4, 0.5) is 0 Å². The first-order valence-corrected chi connectivity index (χ1v) is 11.8.